The number of nitrogens with zero attached hydrogens (tertiary/aromatic N) is 2. The molecule has 0 aliphatic rings. The van der Waals surface area contributed by atoms with Crippen LogP contribution in [0.2, 0.25) is 0 Å². The van der Waals surface area contributed by atoms with Crippen molar-refractivity contribution in [3.63, 3.8) is 0 Å². The SMILES string of the molecule is CC(n1c(=O)ncc2ccccc21)C(F)(F)F. The van der Waals surface area contributed by atoms with Gasteiger partial charge in [0.1, 0.15) is 6.04 Å². The van der Waals surface area contributed by atoms with Crippen LogP contribution in [-0.4, -0.2) is 15.7 Å². The lowest BCUT2D eigenvalue weighted by Crippen LogP contribution is -2.33. The third-order valence-electron chi connectivity index (χ3n) is 2.58. The van der Waals surface area contributed by atoms with Crippen molar-refractivity contribution in [2.45, 2.75) is 19.1 Å². The molecular weight excluding hydrogens is 233 g/mol. The lowest BCUT2D eigenvalue weighted by atomic mass is 10.2. The molecule has 0 aliphatic heterocycles. The van der Waals surface area contributed by atoms with Crippen LogP contribution in [0.15, 0.2) is 35.3 Å². The zero-order chi connectivity index (χ0) is 12.6. The minimum atomic E-state index is -4.48. The monoisotopic (exact) mass is 242 g/mol. The molecule has 3 nitrogen and oxygen atoms in total. The van der Waals surface area contributed by atoms with Crippen molar-refractivity contribution in [3.05, 3.63) is 40.9 Å². The Kier molecular flexibility index (Phi) is 2.65. The van der Waals surface area contributed by atoms with Gasteiger partial charge in [-0.3, -0.25) is 4.57 Å². The Hall–Kier alpha value is -1.85. The molecule has 1 aromatic heterocycles. The first kappa shape index (κ1) is 11.6. The predicted octanol–water partition coefficient (Wildman–Crippen LogP) is 2.52. The molecule has 17 heavy (non-hydrogen) atoms. The van der Waals surface area contributed by atoms with E-state index in [0.29, 0.717) is 9.95 Å². The highest BCUT2D eigenvalue weighted by molar-refractivity contribution is 5.77. The van der Waals surface area contributed by atoms with E-state index in [1.165, 1.54) is 12.3 Å². The molecule has 0 radical (unpaired) electrons. The Morgan fingerprint density at radius 3 is 2.59 bits per heavy atom. The first-order valence-corrected chi connectivity index (χ1v) is 4.94. The number of fused-ring (bicyclic) bond motifs is 1. The van der Waals surface area contributed by atoms with E-state index in [2.05, 4.69) is 4.98 Å². The molecule has 1 aromatic carbocycles. The first-order chi connectivity index (χ1) is 7.91. The van der Waals surface area contributed by atoms with Gasteiger partial charge in [-0.15, -0.1) is 0 Å². The Balaban J connectivity index is 2.76. The molecule has 0 spiro atoms. The Bertz CT molecular complexity index is 603. The minimum Gasteiger partial charge on any atom is -0.280 e. The number of alkyl halides is 3. The first-order valence-electron chi connectivity index (χ1n) is 4.94. The van der Waals surface area contributed by atoms with Gasteiger partial charge < -0.3 is 0 Å². The van der Waals surface area contributed by atoms with Gasteiger partial charge in [-0.25, -0.2) is 9.78 Å². The molecule has 2 rings (SSSR count). The number of para-hydroxylation sites is 1. The summed E-state index contributed by atoms with van der Waals surface area (Å²) in [6.07, 6.45) is -3.20. The highest BCUT2D eigenvalue weighted by Gasteiger charge is 2.38. The third-order valence-corrected chi connectivity index (χ3v) is 2.58. The number of hydrogen-bond donors (Lipinski definition) is 0. The summed E-state index contributed by atoms with van der Waals surface area (Å²) in [6.45, 7) is 0.940. The summed E-state index contributed by atoms with van der Waals surface area (Å²) in [6, 6.07) is 4.45. The van der Waals surface area contributed by atoms with E-state index in [-0.39, 0.29) is 5.52 Å². The van der Waals surface area contributed by atoms with E-state index in [0.717, 1.165) is 6.92 Å². The molecule has 90 valence electrons. The van der Waals surface area contributed by atoms with Gasteiger partial charge in [0.2, 0.25) is 0 Å². The van der Waals surface area contributed by atoms with Gasteiger partial charge in [0.05, 0.1) is 5.52 Å². The normalized spacial score (nSPS) is 13.9. The number of rotatable bonds is 1. The fourth-order valence-corrected chi connectivity index (χ4v) is 1.63. The zero-order valence-electron chi connectivity index (χ0n) is 8.90. The van der Waals surface area contributed by atoms with E-state index in [1.807, 2.05) is 0 Å². The number of halogens is 3. The van der Waals surface area contributed by atoms with E-state index >= 15 is 0 Å². The standard InChI is InChI=1S/C11H9F3N2O/c1-7(11(12,13)14)16-9-5-3-2-4-8(9)6-15-10(16)17/h2-7H,1H3. The van der Waals surface area contributed by atoms with Crippen LogP contribution in [0.4, 0.5) is 13.2 Å². The summed E-state index contributed by atoms with van der Waals surface area (Å²) in [5, 5.41) is 0.503. The van der Waals surface area contributed by atoms with Crippen LogP contribution in [-0.2, 0) is 0 Å². The van der Waals surface area contributed by atoms with Crippen LogP contribution in [0.25, 0.3) is 10.9 Å². The number of hydrogen-bond acceptors (Lipinski definition) is 2. The highest BCUT2D eigenvalue weighted by atomic mass is 19.4. The van der Waals surface area contributed by atoms with Crippen molar-refractivity contribution in [2.75, 3.05) is 0 Å². The number of aromatic nitrogens is 2. The predicted molar refractivity (Wildman–Crippen MR) is 56.8 cm³/mol. The van der Waals surface area contributed by atoms with E-state index in [9.17, 15) is 18.0 Å². The van der Waals surface area contributed by atoms with Crippen LogP contribution < -0.4 is 5.69 Å². The maximum absolute atomic E-state index is 12.7. The molecule has 0 saturated heterocycles. The largest absolute Gasteiger partial charge is 0.409 e. The second-order valence-corrected chi connectivity index (χ2v) is 3.69. The maximum Gasteiger partial charge on any atom is 0.409 e. The molecule has 2 aromatic rings. The van der Waals surface area contributed by atoms with Gasteiger partial charge in [0.15, 0.2) is 0 Å². The summed E-state index contributed by atoms with van der Waals surface area (Å²) in [5.41, 5.74) is -0.661. The van der Waals surface area contributed by atoms with Crippen molar-refractivity contribution >= 4 is 10.9 Å². The van der Waals surface area contributed by atoms with Gasteiger partial charge in [0.25, 0.3) is 0 Å². The third kappa shape index (κ3) is 2.02. The highest BCUT2D eigenvalue weighted by Crippen LogP contribution is 2.30. The second kappa shape index (κ2) is 3.87. The fraction of sp³-hybridized carbons (Fsp3) is 0.273. The van der Waals surface area contributed by atoms with Gasteiger partial charge in [-0.2, -0.15) is 13.2 Å². The van der Waals surface area contributed by atoms with Crippen LogP contribution >= 0.6 is 0 Å². The fourth-order valence-electron chi connectivity index (χ4n) is 1.63. The summed E-state index contributed by atoms with van der Waals surface area (Å²) < 4.78 is 38.6. The molecule has 0 amide bonds. The summed E-state index contributed by atoms with van der Waals surface area (Å²) in [7, 11) is 0. The van der Waals surface area contributed by atoms with E-state index in [1.54, 1.807) is 18.2 Å². The van der Waals surface area contributed by atoms with Gasteiger partial charge in [0, 0.05) is 11.6 Å². The Morgan fingerprint density at radius 2 is 1.94 bits per heavy atom. The van der Waals surface area contributed by atoms with Crippen molar-refractivity contribution < 1.29 is 13.2 Å². The van der Waals surface area contributed by atoms with Crippen molar-refractivity contribution in [2.24, 2.45) is 0 Å². The minimum absolute atomic E-state index is 0.234. The van der Waals surface area contributed by atoms with Gasteiger partial charge in [-0.1, -0.05) is 18.2 Å². The van der Waals surface area contributed by atoms with Crippen LogP contribution in [0.3, 0.4) is 0 Å². The van der Waals surface area contributed by atoms with Crippen LogP contribution in [0, 0.1) is 0 Å². The van der Waals surface area contributed by atoms with E-state index < -0.39 is 17.9 Å². The lowest BCUT2D eigenvalue weighted by Gasteiger charge is -2.19. The average Bonchev–Trinajstić information content (AvgIpc) is 2.27. The zero-order valence-corrected chi connectivity index (χ0v) is 8.90. The molecule has 0 saturated carbocycles. The summed E-state index contributed by atoms with van der Waals surface area (Å²) in [5.74, 6) is 0. The summed E-state index contributed by atoms with van der Waals surface area (Å²) >= 11 is 0. The van der Waals surface area contributed by atoms with Crippen molar-refractivity contribution in [1.29, 1.82) is 0 Å². The van der Waals surface area contributed by atoms with Crippen LogP contribution in [0.1, 0.15) is 13.0 Å². The second-order valence-electron chi connectivity index (χ2n) is 3.69. The average molecular weight is 242 g/mol. The van der Waals surface area contributed by atoms with Gasteiger partial charge >= 0.3 is 11.9 Å². The Labute approximate surface area is 94.5 Å². The molecule has 0 bridgehead atoms. The molecular formula is C11H9F3N2O. The molecule has 0 N–H and O–H groups in total. The topological polar surface area (TPSA) is 34.9 Å². The van der Waals surface area contributed by atoms with E-state index in [4.69, 9.17) is 0 Å². The van der Waals surface area contributed by atoms with Gasteiger partial charge in [-0.05, 0) is 13.0 Å². The summed E-state index contributed by atoms with van der Waals surface area (Å²) in [4.78, 5) is 14.9. The molecule has 0 aliphatic carbocycles. The lowest BCUT2D eigenvalue weighted by molar-refractivity contribution is -0.162. The number of benzene rings is 1. The maximum atomic E-state index is 12.7. The molecule has 1 heterocycles. The Morgan fingerprint density at radius 1 is 1.29 bits per heavy atom. The molecule has 6 heteroatoms. The van der Waals surface area contributed by atoms with Crippen molar-refractivity contribution in [3.8, 4) is 0 Å². The van der Waals surface area contributed by atoms with Crippen molar-refractivity contribution in [1.82, 2.24) is 9.55 Å². The van der Waals surface area contributed by atoms with Crippen LogP contribution in [0.5, 0.6) is 0 Å². The smallest absolute Gasteiger partial charge is 0.280 e. The molecule has 1 unspecified atom stereocenters. The molecule has 0 fully saturated rings. The molecule has 1 atom stereocenters. The quantitative estimate of drug-likeness (QED) is 0.770.